The summed E-state index contributed by atoms with van der Waals surface area (Å²) in [5.41, 5.74) is 1.14. The molecule has 0 spiro atoms. The van der Waals surface area contributed by atoms with Gasteiger partial charge >= 0.3 is 0 Å². The number of imide groups is 2. The quantitative estimate of drug-likeness (QED) is 0.237. The number of methoxy groups -OCH3 is 2. The SMILES string of the molecule is COc1cc(C2C3=CCC4C(=O)N(c5ccc(C)c(Cl)c5)C(=O)C4C3CC3C(=O)N(c4ccc(F)c(Cl)c4)C(=O)C32C)cc(OC)c1O. The van der Waals surface area contributed by atoms with Gasteiger partial charge in [-0.25, -0.2) is 14.2 Å². The number of amides is 4. The van der Waals surface area contributed by atoms with Crippen molar-refractivity contribution in [3.63, 3.8) is 0 Å². The summed E-state index contributed by atoms with van der Waals surface area (Å²) in [5.74, 6) is -6.36. The van der Waals surface area contributed by atoms with E-state index >= 15 is 0 Å². The molecule has 0 aromatic heterocycles. The highest BCUT2D eigenvalue weighted by atomic mass is 35.5. The summed E-state index contributed by atoms with van der Waals surface area (Å²) < 4.78 is 25.1. The number of phenolic OH excluding ortho intramolecular Hbond substituents is 1. The van der Waals surface area contributed by atoms with Crippen LogP contribution in [0.15, 0.2) is 60.2 Å². The van der Waals surface area contributed by atoms with Crippen LogP contribution < -0.4 is 19.3 Å². The fourth-order valence-electron chi connectivity index (χ4n) is 8.32. The Hall–Kier alpha value is -4.41. The maximum absolute atomic E-state index is 14.6. The molecule has 2 aliphatic carbocycles. The molecule has 2 heterocycles. The minimum absolute atomic E-state index is 0.0920. The van der Waals surface area contributed by atoms with Gasteiger partial charge in [0.05, 0.1) is 53.8 Å². The first-order valence-corrected chi connectivity index (χ1v) is 16.2. The monoisotopic (exact) mass is 692 g/mol. The smallest absolute Gasteiger partial charge is 0.241 e. The first-order chi connectivity index (χ1) is 22.8. The summed E-state index contributed by atoms with van der Waals surface area (Å²) in [4.78, 5) is 59.4. The summed E-state index contributed by atoms with van der Waals surface area (Å²) in [6.45, 7) is 3.54. The topological polar surface area (TPSA) is 113 Å². The Bertz CT molecular complexity index is 1960. The van der Waals surface area contributed by atoms with E-state index in [4.69, 9.17) is 32.7 Å². The van der Waals surface area contributed by atoms with E-state index in [0.717, 1.165) is 22.1 Å². The number of rotatable bonds is 5. The van der Waals surface area contributed by atoms with Crippen molar-refractivity contribution in [2.45, 2.75) is 32.6 Å². The van der Waals surface area contributed by atoms with Gasteiger partial charge in [-0.05, 0) is 86.2 Å². The van der Waals surface area contributed by atoms with Gasteiger partial charge in [0.2, 0.25) is 29.4 Å². The van der Waals surface area contributed by atoms with E-state index in [-0.39, 0.29) is 46.7 Å². The van der Waals surface area contributed by atoms with E-state index in [9.17, 15) is 28.7 Å². The molecule has 1 N–H and O–H groups in total. The van der Waals surface area contributed by atoms with Crippen LogP contribution in [-0.2, 0) is 19.2 Å². The summed E-state index contributed by atoms with van der Waals surface area (Å²) in [5, 5.41) is 10.9. The second-order valence-electron chi connectivity index (χ2n) is 13.0. The van der Waals surface area contributed by atoms with Gasteiger partial charge in [-0.3, -0.25) is 19.2 Å². The zero-order chi connectivity index (χ0) is 34.4. The van der Waals surface area contributed by atoms with E-state index in [1.807, 2.05) is 13.0 Å². The minimum Gasteiger partial charge on any atom is -0.502 e. The molecule has 4 amide bonds. The number of fused-ring (bicyclic) bond motifs is 4. The fourth-order valence-corrected chi connectivity index (χ4v) is 8.67. The van der Waals surface area contributed by atoms with Crippen LogP contribution in [0.4, 0.5) is 15.8 Å². The number of hydrogen-bond acceptors (Lipinski definition) is 7. The Kier molecular flexibility index (Phi) is 7.60. The molecular weight excluding hydrogens is 662 g/mol. The Balaban J connectivity index is 1.40. The molecule has 12 heteroatoms. The molecule has 7 rings (SSSR count). The molecule has 3 fully saturated rings. The number of hydrogen-bond donors (Lipinski definition) is 1. The summed E-state index contributed by atoms with van der Waals surface area (Å²) in [6.07, 6.45) is 2.26. The maximum atomic E-state index is 14.6. The number of aryl methyl sites for hydroxylation is 1. The lowest BCUT2D eigenvalue weighted by Gasteiger charge is -2.49. The number of phenols is 1. The largest absolute Gasteiger partial charge is 0.502 e. The van der Waals surface area contributed by atoms with Gasteiger partial charge in [0.25, 0.3) is 0 Å². The first-order valence-electron chi connectivity index (χ1n) is 15.5. The van der Waals surface area contributed by atoms with E-state index in [1.165, 1.54) is 31.3 Å². The van der Waals surface area contributed by atoms with Gasteiger partial charge < -0.3 is 14.6 Å². The molecule has 1 saturated carbocycles. The second-order valence-corrected chi connectivity index (χ2v) is 13.8. The third-order valence-electron chi connectivity index (χ3n) is 10.7. The van der Waals surface area contributed by atoms with Crippen molar-refractivity contribution in [1.82, 2.24) is 0 Å². The molecule has 2 saturated heterocycles. The van der Waals surface area contributed by atoms with Gasteiger partial charge in [0.1, 0.15) is 5.82 Å². The normalized spacial score (nSPS) is 27.9. The number of benzene rings is 3. The highest BCUT2D eigenvalue weighted by molar-refractivity contribution is 6.32. The minimum atomic E-state index is -1.39. The number of carbonyl (C=O) groups is 4. The van der Waals surface area contributed by atoms with Crippen molar-refractivity contribution in [2.75, 3.05) is 24.0 Å². The average Bonchev–Trinajstić information content (AvgIpc) is 3.43. The van der Waals surface area contributed by atoms with Crippen LogP contribution in [0.3, 0.4) is 0 Å². The number of nitrogens with zero attached hydrogens (tertiary/aromatic N) is 2. The molecule has 0 radical (unpaired) electrons. The van der Waals surface area contributed by atoms with Crippen LogP contribution in [0, 0.1) is 41.8 Å². The molecule has 3 aromatic carbocycles. The van der Waals surface area contributed by atoms with Gasteiger partial charge in [-0.1, -0.05) is 40.9 Å². The standard InChI is InChI=1S/C36H31Cl2FN2O7/c1-16-5-6-18(13-24(16)37)40-32(43)21-9-8-20-22(29(21)34(40)45)15-23-33(44)41(19-7-10-26(39)25(38)14-19)35(46)36(23,2)30(20)17-11-27(47-3)31(42)28(12-17)48-4/h5-8,10-14,21-23,29-30,42H,9,15H2,1-4H3. The van der Waals surface area contributed by atoms with Crippen molar-refractivity contribution in [3.05, 3.63) is 87.2 Å². The van der Waals surface area contributed by atoms with Gasteiger partial charge in [0.15, 0.2) is 11.5 Å². The second kappa shape index (κ2) is 11.3. The molecule has 248 valence electrons. The van der Waals surface area contributed by atoms with Gasteiger partial charge in [-0.15, -0.1) is 0 Å². The molecule has 3 aromatic rings. The first kappa shape index (κ1) is 32.2. The van der Waals surface area contributed by atoms with Crippen molar-refractivity contribution in [1.29, 1.82) is 0 Å². The van der Waals surface area contributed by atoms with Crippen LogP contribution in [0.25, 0.3) is 0 Å². The number of carbonyl (C=O) groups excluding carboxylic acids is 4. The third-order valence-corrected chi connectivity index (χ3v) is 11.4. The van der Waals surface area contributed by atoms with Crippen LogP contribution in [0.5, 0.6) is 17.2 Å². The predicted molar refractivity (Wildman–Crippen MR) is 176 cm³/mol. The molecule has 6 unspecified atom stereocenters. The Morgan fingerprint density at radius 2 is 1.48 bits per heavy atom. The zero-order valence-electron chi connectivity index (χ0n) is 26.4. The lowest BCUT2D eigenvalue weighted by Crippen LogP contribution is -2.48. The van der Waals surface area contributed by atoms with E-state index < -0.39 is 58.5 Å². The van der Waals surface area contributed by atoms with Gasteiger partial charge in [-0.2, -0.15) is 0 Å². The van der Waals surface area contributed by atoms with Crippen molar-refractivity contribution in [2.24, 2.45) is 29.1 Å². The highest BCUT2D eigenvalue weighted by Gasteiger charge is 2.67. The molecule has 2 aliphatic heterocycles. The number of allylic oxidation sites excluding steroid dienone is 2. The van der Waals surface area contributed by atoms with Crippen LogP contribution >= 0.6 is 23.2 Å². The third kappa shape index (κ3) is 4.41. The lowest BCUT2D eigenvalue weighted by atomic mass is 9.51. The molecule has 6 atom stereocenters. The van der Waals surface area contributed by atoms with Gasteiger partial charge in [0, 0.05) is 10.9 Å². The van der Waals surface area contributed by atoms with Crippen LogP contribution in [0.2, 0.25) is 10.0 Å². The van der Waals surface area contributed by atoms with E-state index in [2.05, 4.69) is 0 Å². The number of ether oxygens (including phenoxy) is 2. The van der Waals surface area contributed by atoms with Crippen molar-refractivity contribution in [3.8, 4) is 17.2 Å². The Labute approximate surface area is 285 Å². The highest BCUT2D eigenvalue weighted by Crippen LogP contribution is 2.64. The molecule has 9 nitrogen and oxygen atoms in total. The Morgan fingerprint density at radius 3 is 2.10 bits per heavy atom. The Morgan fingerprint density at radius 1 is 0.854 bits per heavy atom. The average molecular weight is 694 g/mol. The number of anilines is 2. The molecule has 48 heavy (non-hydrogen) atoms. The lowest BCUT2D eigenvalue weighted by molar-refractivity contribution is -0.131. The van der Waals surface area contributed by atoms with Crippen molar-refractivity contribution < 1.29 is 38.1 Å². The summed E-state index contributed by atoms with van der Waals surface area (Å²) in [7, 11) is 2.77. The van der Waals surface area contributed by atoms with Crippen LogP contribution in [-0.4, -0.2) is 43.0 Å². The summed E-state index contributed by atoms with van der Waals surface area (Å²) >= 11 is 12.5. The summed E-state index contributed by atoms with van der Waals surface area (Å²) in [6, 6.07) is 11.9. The zero-order valence-corrected chi connectivity index (χ0v) is 27.9. The maximum Gasteiger partial charge on any atom is 0.241 e. The van der Waals surface area contributed by atoms with Crippen molar-refractivity contribution >= 4 is 58.2 Å². The molecule has 4 aliphatic rings. The number of halogens is 3. The number of aromatic hydroxyl groups is 1. The molecular formula is C36H31Cl2FN2O7. The van der Waals surface area contributed by atoms with Crippen LogP contribution in [0.1, 0.15) is 36.8 Å². The predicted octanol–water partition coefficient (Wildman–Crippen LogP) is 6.60. The fraction of sp³-hybridized carbons (Fsp3) is 0.333. The van der Waals surface area contributed by atoms with E-state index in [0.29, 0.717) is 16.3 Å². The van der Waals surface area contributed by atoms with E-state index in [1.54, 1.807) is 37.3 Å². The molecule has 0 bridgehead atoms.